The van der Waals surface area contributed by atoms with Crippen molar-refractivity contribution in [3.8, 4) is 0 Å². The van der Waals surface area contributed by atoms with E-state index in [-0.39, 0.29) is 5.56 Å². The molecule has 5 nitrogen and oxygen atoms in total. The zero-order chi connectivity index (χ0) is 10.7. The van der Waals surface area contributed by atoms with Crippen LogP contribution in [0.1, 0.15) is 11.4 Å². The van der Waals surface area contributed by atoms with Crippen molar-refractivity contribution in [1.82, 2.24) is 15.1 Å². The summed E-state index contributed by atoms with van der Waals surface area (Å²) in [6, 6.07) is 3.24. The highest BCUT2D eigenvalue weighted by molar-refractivity contribution is 7.98. The molecule has 78 valence electrons. The molecular weight excluding hydrogens is 214 g/mol. The van der Waals surface area contributed by atoms with Crippen LogP contribution < -0.4 is 5.56 Å². The third-order valence-corrected chi connectivity index (χ3v) is 2.60. The number of rotatable bonds is 3. The Morgan fingerprint density at radius 3 is 3.13 bits per heavy atom. The molecule has 2 heterocycles. The van der Waals surface area contributed by atoms with Gasteiger partial charge in [-0.25, -0.2) is 4.98 Å². The van der Waals surface area contributed by atoms with Gasteiger partial charge >= 0.3 is 0 Å². The first kappa shape index (κ1) is 9.97. The summed E-state index contributed by atoms with van der Waals surface area (Å²) in [6.45, 7) is 1.79. The fourth-order valence-corrected chi connectivity index (χ4v) is 1.89. The van der Waals surface area contributed by atoms with Gasteiger partial charge in [-0.3, -0.25) is 4.79 Å². The van der Waals surface area contributed by atoms with Crippen LogP contribution >= 0.6 is 11.8 Å². The van der Waals surface area contributed by atoms with E-state index in [0.29, 0.717) is 16.6 Å². The fraction of sp³-hybridized carbons (Fsp3) is 0.222. The summed E-state index contributed by atoms with van der Waals surface area (Å²) >= 11 is 1.42. The maximum absolute atomic E-state index is 11.1. The number of aromatic nitrogens is 3. The Morgan fingerprint density at radius 1 is 1.60 bits per heavy atom. The minimum absolute atomic E-state index is 0.134. The van der Waals surface area contributed by atoms with E-state index in [1.165, 1.54) is 24.1 Å². The molecule has 15 heavy (non-hydrogen) atoms. The molecular formula is C9H9N3O2S. The molecule has 0 saturated heterocycles. The zero-order valence-corrected chi connectivity index (χ0v) is 8.87. The standard InChI is InChI=1S/C9H9N3O2S/c1-6-4-8(13)11-9(10-6)15-5-7-2-3-14-12-7/h2-4H,5H2,1H3,(H,10,11,13). The Bertz CT molecular complexity index is 492. The van der Waals surface area contributed by atoms with Crippen molar-refractivity contribution in [3.05, 3.63) is 40.1 Å². The highest BCUT2D eigenvalue weighted by atomic mass is 32.2. The number of thioether (sulfide) groups is 1. The first-order chi connectivity index (χ1) is 7.24. The third kappa shape index (κ3) is 2.69. The number of H-pyrrole nitrogens is 1. The van der Waals surface area contributed by atoms with Gasteiger partial charge < -0.3 is 9.51 Å². The average molecular weight is 223 g/mol. The first-order valence-corrected chi connectivity index (χ1v) is 5.32. The van der Waals surface area contributed by atoms with Gasteiger partial charge in [0.1, 0.15) is 6.26 Å². The normalized spacial score (nSPS) is 10.5. The Labute approximate surface area is 89.9 Å². The van der Waals surface area contributed by atoms with Crippen LogP contribution in [0.5, 0.6) is 0 Å². The molecule has 6 heteroatoms. The number of nitrogens with one attached hydrogen (secondary N) is 1. The van der Waals surface area contributed by atoms with Crippen LogP contribution in [0.25, 0.3) is 0 Å². The molecule has 0 saturated carbocycles. The van der Waals surface area contributed by atoms with Crippen LogP contribution in [0.4, 0.5) is 0 Å². The monoisotopic (exact) mass is 223 g/mol. The summed E-state index contributed by atoms with van der Waals surface area (Å²) in [5.74, 6) is 0.628. The lowest BCUT2D eigenvalue weighted by Gasteiger charge is -1.98. The predicted molar refractivity (Wildman–Crippen MR) is 55.7 cm³/mol. The first-order valence-electron chi connectivity index (χ1n) is 4.34. The van der Waals surface area contributed by atoms with Crippen LogP contribution in [0.15, 0.2) is 32.9 Å². The highest BCUT2D eigenvalue weighted by Gasteiger charge is 2.01. The summed E-state index contributed by atoms with van der Waals surface area (Å²) in [4.78, 5) is 18.0. The number of hydrogen-bond acceptors (Lipinski definition) is 5. The predicted octanol–water partition coefficient (Wildman–Crippen LogP) is 1.36. The van der Waals surface area contributed by atoms with Gasteiger partial charge in [0.25, 0.3) is 5.56 Å². The average Bonchev–Trinajstić information content (AvgIpc) is 2.65. The molecule has 1 N–H and O–H groups in total. The lowest BCUT2D eigenvalue weighted by Crippen LogP contribution is -2.08. The Hall–Kier alpha value is -1.56. The fourth-order valence-electron chi connectivity index (χ4n) is 1.07. The lowest BCUT2D eigenvalue weighted by molar-refractivity contribution is 0.414. The number of aryl methyl sites for hydroxylation is 1. The van der Waals surface area contributed by atoms with Gasteiger partial charge in [-0.15, -0.1) is 0 Å². The molecule has 0 aromatic carbocycles. The van der Waals surface area contributed by atoms with E-state index < -0.39 is 0 Å². The van der Waals surface area contributed by atoms with E-state index in [9.17, 15) is 4.79 Å². The summed E-state index contributed by atoms with van der Waals surface area (Å²) in [5, 5.41) is 4.36. The van der Waals surface area contributed by atoms with Crippen LogP contribution in [-0.2, 0) is 5.75 Å². The van der Waals surface area contributed by atoms with Crippen molar-refractivity contribution in [1.29, 1.82) is 0 Å². The van der Waals surface area contributed by atoms with Gasteiger partial charge in [-0.1, -0.05) is 16.9 Å². The second-order valence-corrected chi connectivity index (χ2v) is 3.94. The lowest BCUT2D eigenvalue weighted by atomic mass is 10.5. The van der Waals surface area contributed by atoms with Crippen LogP contribution in [0.2, 0.25) is 0 Å². The molecule has 0 aliphatic carbocycles. The van der Waals surface area contributed by atoms with E-state index in [2.05, 4.69) is 15.1 Å². The summed E-state index contributed by atoms with van der Waals surface area (Å²) in [6.07, 6.45) is 1.52. The van der Waals surface area contributed by atoms with Gasteiger partial charge in [-0.05, 0) is 6.92 Å². The Balaban J connectivity index is 2.08. The topological polar surface area (TPSA) is 71.8 Å². The molecule has 0 radical (unpaired) electrons. The van der Waals surface area contributed by atoms with Gasteiger partial charge in [0, 0.05) is 23.6 Å². The van der Waals surface area contributed by atoms with Crippen LogP contribution in [-0.4, -0.2) is 15.1 Å². The van der Waals surface area contributed by atoms with Crippen LogP contribution in [0.3, 0.4) is 0 Å². The Kier molecular flexibility index (Phi) is 2.86. The Morgan fingerprint density at radius 2 is 2.47 bits per heavy atom. The third-order valence-electron chi connectivity index (χ3n) is 1.70. The molecule has 0 aliphatic rings. The summed E-state index contributed by atoms with van der Waals surface area (Å²) in [7, 11) is 0. The maximum atomic E-state index is 11.1. The molecule has 2 aromatic heterocycles. The highest BCUT2D eigenvalue weighted by Crippen LogP contribution is 2.16. The van der Waals surface area contributed by atoms with Crippen molar-refractivity contribution in [2.45, 2.75) is 17.8 Å². The molecule has 0 fully saturated rings. The molecule has 0 unspecified atom stereocenters. The molecule has 0 bridgehead atoms. The minimum atomic E-state index is -0.134. The van der Waals surface area contributed by atoms with Crippen molar-refractivity contribution in [2.75, 3.05) is 0 Å². The van der Waals surface area contributed by atoms with Crippen molar-refractivity contribution >= 4 is 11.8 Å². The van der Waals surface area contributed by atoms with Crippen LogP contribution in [0, 0.1) is 6.92 Å². The number of aromatic amines is 1. The quantitative estimate of drug-likeness (QED) is 0.628. The van der Waals surface area contributed by atoms with Gasteiger partial charge in [0.2, 0.25) is 0 Å². The number of hydrogen-bond donors (Lipinski definition) is 1. The smallest absolute Gasteiger partial charge is 0.251 e. The minimum Gasteiger partial charge on any atom is -0.364 e. The van der Waals surface area contributed by atoms with E-state index in [4.69, 9.17) is 4.52 Å². The van der Waals surface area contributed by atoms with Crippen molar-refractivity contribution in [3.63, 3.8) is 0 Å². The van der Waals surface area contributed by atoms with Crippen molar-refractivity contribution < 1.29 is 4.52 Å². The van der Waals surface area contributed by atoms with E-state index in [1.54, 1.807) is 13.0 Å². The van der Waals surface area contributed by atoms with E-state index >= 15 is 0 Å². The summed E-state index contributed by atoms with van der Waals surface area (Å²) < 4.78 is 4.69. The van der Waals surface area contributed by atoms with Gasteiger partial charge in [0.05, 0.1) is 5.69 Å². The maximum Gasteiger partial charge on any atom is 0.251 e. The van der Waals surface area contributed by atoms with Gasteiger partial charge in [0.15, 0.2) is 5.16 Å². The summed E-state index contributed by atoms with van der Waals surface area (Å²) in [5.41, 5.74) is 1.40. The largest absolute Gasteiger partial charge is 0.364 e. The van der Waals surface area contributed by atoms with Crippen molar-refractivity contribution in [2.24, 2.45) is 0 Å². The number of nitrogens with zero attached hydrogens (tertiary/aromatic N) is 2. The molecule has 0 amide bonds. The second-order valence-electron chi connectivity index (χ2n) is 2.97. The molecule has 2 rings (SSSR count). The van der Waals surface area contributed by atoms with E-state index in [0.717, 1.165) is 5.69 Å². The van der Waals surface area contributed by atoms with E-state index in [1.807, 2.05) is 0 Å². The SMILES string of the molecule is Cc1cc(=O)[nH]c(SCc2ccon2)n1. The second kappa shape index (κ2) is 4.31. The zero-order valence-electron chi connectivity index (χ0n) is 8.06. The van der Waals surface area contributed by atoms with Gasteiger partial charge in [-0.2, -0.15) is 0 Å². The molecule has 2 aromatic rings. The molecule has 0 atom stereocenters. The molecule has 0 aliphatic heterocycles. The molecule has 0 spiro atoms.